The van der Waals surface area contributed by atoms with Gasteiger partial charge in [0.05, 0.1) is 18.7 Å². The molecule has 13 heteroatoms. The molecule has 0 spiro atoms. The van der Waals surface area contributed by atoms with Crippen LogP contribution < -0.4 is 21.1 Å². The predicted octanol–water partition coefficient (Wildman–Crippen LogP) is 3.64. The number of nitrogens with zero attached hydrogens (tertiary/aromatic N) is 1. The van der Waals surface area contributed by atoms with Gasteiger partial charge in [0.2, 0.25) is 11.8 Å². The van der Waals surface area contributed by atoms with Crippen molar-refractivity contribution in [1.29, 1.82) is 5.41 Å². The zero-order valence-corrected chi connectivity index (χ0v) is 22.8. The first-order valence-electron chi connectivity index (χ1n) is 12.7. The molecule has 1 saturated heterocycles. The summed E-state index contributed by atoms with van der Waals surface area (Å²) in [7, 11) is 0. The van der Waals surface area contributed by atoms with Gasteiger partial charge in [-0.1, -0.05) is 18.2 Å². The molecular weight excluding hydrogens is 556 g/mol. The highest BCUT2D eigenvalue weighted by Crippen LogP contribution is 2.26. The molecule has 1 aliphatic heterocycles. The maximum Gasteiger partial charge on any atom is 0.345 e. The highest BCUT2D eigenvalue weighted by molar-refractivity contribution is 7.10. The van der Waals surface area contributed by atoms with Gasteiger partial charge in [0, 0.05) is 34.3 Å². The van der Waals surface area contributed by atoms with E-state index in [0.29, 0.717) is 17.1 Å². The Hall–Kier alpha value is -4.36. The number of rotatable bonds is 11. The van der Waals surface area contributed by atoms with E-state index in [9.17, 15) is 23.2 Å². The van der Waals surface area contributed by atoms with Crippen LogP contribution in [0, 0.1) is 5.41 Å². The summed E-state index contributed by atoms with van der Waals surface area (Å²) in [5.74, 6) is -0.648. The topological polar surface area (TPSA) is 147 Å². The molecule has 5 N–H and O–H groups in total. The Balaban J connectivity index is 1.36. The Bertz CT molecular complexity index is 1390. The van der Waals surface area contributed by atoms with Crippen LogP contribution in [0.4, 0.5) is 8.78 Å². The molecule has 1 aromatic heterocycles. The summed E-state index contributed by atoms with van der Waals surface area (Å²) >= 11 is 1.30. The molecule has 1 fully saturated rings. The number of benzene rings is 2. The van der Waals surface area contributed by atoms with E-state index in [4.69, 9.17) is 15.9 Å². The number of thiophene rings is 1. The van der Waals surface area contributed by atoms with Gasteiger partial charge < -0.3 is 30.7 Å². The van der Waals surface area contributed by atoms with Crippen molar-refractivity contribution in [2.45, 2.75) is 38.1 Å². The minimum Gasteiger partial charge on any atom is -0.457 e. The second kappa shape index (κ2) is 13.3. The predicted molar refractivity (Wildman–Crippen MR) is 148 cm³/mol. The lowest BCUT2D eigenvalue weighted by molar-refractivity contribution is -0.160. The molecule has 0 radical (unpaired) electrons. The molecule has 1 unspecified atom stereocenters. The number of carbonyl (C=O) groups excluding carboxylic acids is 3. The third-order valence-corrected chi connectivity index (χ3v) is 7.51. The lowest BCUT2D eigenvalue weighted by atomic mass is 10.1. The van der Waals surface area contributed by atoms with Crippen LogP contribution in [0.5, 0.6) is 11.5 Å². The fraction of sp³-hybridized carbons (Fsp3) is 0.286. The summed E-state index contributed by atoms with van der Waals surface area (Å²) in [6, 6.07) is 15.5. The van der Waals surface area contributed by atoms with Gasteiger partial charge in [-0.3, -0.25) is 19.8 Å². The van der Waals surface area contributed by atoms with E-state index in [-0.39, 0.29) is 24.4 Å². The lowest BCUT2D eigenvalue weighted by Gasteiger charge is -2.25. The normalized spacial score (nSPS) is 17.2. The summed E-state index contributed by atoms with van der Waals surface area (Å²) in [5, 5.41) is 14.5. The number of amides is 3. The number of ether oxygens (including phenoxy) is 2. The zero-order chi connectivity index (χ0) is 29.5. The summed E-state index contributed by atoms with van der Waals surface area (Å²) < 4.78 is 36.1. The highest BCUT2D eigenvalue weighted by atomic mass is 32.1. The van der Waals surface area contributed by atoms with E-state index < -0.39 is 49.1 Å². The van der Waals surface area contributed by atoms with Crippen molar-refractivity contribution in [3.05, 3.63) is 82.0 Å². The second-order valence-electron chi connectivity index (χ2n) is 9.32. The first-order valence-corrected chi connectivity index (χ1v) is 13.6. The van der Waals surface area contributed by atoms with Crippen molar-refractivity contribution in [2.75, 3.05) is 13.1 Å². The minimum atomic E-state index is -3.07. The van der Waals surface area contributed by atoms with Crippen LogP contribution in [-0.2, 0) is 14.3 Å². The Kier molecular flexibility index (Phi) is 9.63. The number of nitrogen functional groups attached to an aromatic ring is 1. The van der Waals surface area contributed by atoms with Crippen LogP contribution in [0.1, 0.15) is 40.2 Å². The maximum absolute atomic E-state index is 13.1. The zero-order valence-electron chi connectivity index (χ0n) is 22.0. The monoisotopic (exact) mass is 585 g/mol. The molecule has 2 aromatic carbocycles. The molecule has 0 bridgehead atoms. The standard InChI is InChI=1S/C28H29F2N5O5S/c1-16(23-11-18(15-41-23)25(31)32)34-27(38)22-12-21(40-28(29)30)14-35(22)24(36)13-33-26(37)17-7-9-20(10-8-17)39-19-5-3-2-4-6-19/h2-11,15-16,21-22,28H,12-14H2,1H3,(H3,31,32)(H,33,37)(H,34,38)/t16?,21-,22+/m1/s1. The molecule has 1 aliphatic rings. The molecule has 3 aromatic rings. The summed E-state index contributed by atoms with van der Waals surface area (Å²) in [5.41, 5.74) is 6.30. The molecule has 0 aliphatic carbocycles. The van der Waals surface area contributed by atoms with E-state index in [1.807, 2.05) is 18.2 Å². The average Bonchev–Trinajstić information content (AvgIpc) is 3.61. The number of para-hydroxylation sites is 1. The summed E-state index contributed by atoms with van der Waals surface area (Å²) in [6.45, 7) is -2.03. The van der Waals surface area contributed by atoms with E-state index in [1.165, 1.54) is 11.3 Å². The fourth-order valence-corrected chi connectivity index (χ4v) is 5.24. The molecule has 3 amide bonds. The van der Waals surface area contributed by atoms with Crippen molar-refractivity contribution in [3.8, 4) is 11.5 Å². The van der Waals surface area contributed by atoms with Gasteiger partial charge in [0.25, 0.3) is 5.91 Å². The van der Waals surface area contributed by atoms with Crippen molar-refractivity contribution in [3.63, 3.8) is 0 Å². The molecule has 4 rings (SSSR count). The average molecular weight is 586 g/mol. The molecule has 10 nitrogen and oxygen atoms in total. The number of nitrogens with two attached hydrogens (primary N) is 1. The number of halogens is 2. The van der Waals surface area contributed by atoms with Gasteiger partial charge in [-0.25, -0.2) is 0 Å². The third kappa shape index (κ3) is 7.86. The Morgan fingerprint density at radius 2 is 1.78 bits per heavy atom. The van der Waals surface area contributed by atoms with Crippen molar-refractivity contribution in [2.24, 2.45) is 5.73 Å². The van der Waals surface area contributed by atoms with Crippen LogP contribution in [0.3, 0.4) is 0 Å². The van der Waals surface area contributed by atoms with Gasteiger partial charge >= 0.3 is 6.61 Å². The van der Waals surface area contributed by atoms with Gasteiger partial charge in [0.1, 0.15) is 23.4 Å². The minimum absolute atomic E-state index is 0.107. The van der Waals surface area contributed by atoms with Crippen molar-refractivity contribution >= 4 is 34.9 Å². The van der Waals surface area contributed by atoms with Gasteiger partial charge in [-0.2, -0.15) is 8.78 Å². The van der Waals surface area contributed by atoms with Crippen LogP contribution >= 0.6 is 11.3 Å². The van der Waals surface area contributed by atoms with Gasteiger partial charge in [-0.15, -0.1) is 11.3 Å². The largest absolute Gasteiger partial charge is 0.457 e. The maximum atomic E-state index is 13.1. The molecule has 216 valence electrons. The van der Waals surface area contributed by atoms with E-state index in [1.54, 1.807) is 54.8 Å². The molecule has 2 heterocycles. The first kappa shape index (κ1) is 29.6. The van der Waals surface area contributed by atoms with Crippen molar-refractivity contribution < 1.29 is 32.6 Å². The van der Waals surface area contributed by atoms with Gasteiger partial charge in [-0.05, 0) is 49.4 Å². The molecule has 41 heavy (non-hydrogen) atoms. The molecule has 0 saturated carbocycles. The van der Waals surface area contributed by atoms with Gasteiger partial charge in [0.15, 0.2) is 0 Å². The van der Waals surface area contributed by atoms with E-state index >= 15 is 0 Å². The van der Waals surface area contributed by atoms with Crippen LogP contribution in [0.2, 0.25) is 0 Å². The Morgan fingerprint density at radius 1 is 1.10 bits per heavy atom. The van der Waals surface area contributed by atoms with E-state index in [2.05, 4.69) is 15.4 Å². The van der Waals surface area contributed by atoms with Crippen molar-refractivity contribution in [1.82, 2.24) is 15.5 Å². The molecular formula is C28H29F2N5O5S. The third-order valence-electron chi connectivity index (χ3n) is 6.39. The van der Waals surface area contributed by atoms with Crippen LogP contribution in [-0.4, -0.2) is 60.3 Å². The quantitative estimate of drug-likeness (QED) is 0.200. The molecule has 3 atom stereocenters. The number of alkyl halides is 2. The number of amidine groups is 1. The fourth-order valence-electron chi connectivity index (χ4n) is 4.33. The van der Waals surface area contributed by atoms with E-state index in [0.717, 1.165) is 9.78 Å². The second-order valence-corrected chi connectivity index (χ2v) is 10.3. The number of hydrogen-bond donors (Lipinski definition) is 4. The Labute approximate surface area is 238 Å². The smallest absolute Gasteiger partial charge is 0.345 e. The van der Waals surface area contributed by atoms with Crippen LogP contribution in [0.15, 0.2) is 66.0 Å². The SMILES string of the molecule is CC(NC(=O)[C@@H]1C[C@@H](OC(F)F)CN1C(=O)CNC(=O)c1ccc(Oc2ccccc2)cc1)c1cc(C(=N)N)cs1. The number of hydrogen-bond acceptors (Lipinski definition) is 7. The highest BCUT2D eigenvalue weighted by Gasteiger charge is 2.41. The lowest BCUT2D eigenvalue weighted by Crippen LogP contribution is -2.49. The van der Waals surface area contributed by atoms with Crippen LogP contribution in [0.25, 0.3) is 0 Å². The number of likely N-dealkylation sites (tertiary alicyclic amines) is 1. The Morgan fingerprint density at radius 3 is 2.41 bits per heavy atom. The number of carbonyl (C=O) groups is 3. The summed E-state index contributed by atoms with van der Waals surface area (Å²) in [6.07, 6.45) is -1.18. The first-order chi connectivity index (χ1) is 19.6. The summed E-state index contributed by atoms with van der Waals surface area (Å²) in [4.78, 5) is 40.7. The number of nitrogens with one attached hydrogen (secondary N) is 3.